The van der Waals surface area contributed by atoms with Gasteiger partial charge in [-0.15, -0.1) is 0 Å². The number of halogens is 1. The van der Waals surface area contributed by atoms with E-state index >= 15 is 0 Å². The summed E-state index contributed by atoms with van der Waals surface area (Å²) < 4.78 is 24.9. The van der Waals surface area contributed by atoms with E-state index in [1.807, 2.05) is 0 Å². The van der Waals surface area contributed by atoms with Crippen molar-refractivity contribution in [1.82, 2.24) is 4.98 Å². The molecule has 0 atom stereocenters. The van der Waals surface area contributed by atoms with E-state index in [0.717, 1.165) is 18.3 Å². The van der Waals surface area contributed by atoms with Crippen LogP contribution in [0.15, 0.2) is 52.1 Å². The van der Waals surface area contributed by atoms with Crippen molar-refractivity contribution in [1.29, 1.82) is 0 Å². The van der Waals surface area contributed by atoms with Crippen molar-refractivity contribution in [2.75, 3.05) is 11.1 Å². The number of rotatable bonds is 5. The standard InChI is InChI=1S/C14H11BrN2O5S/c15-10-3-1-2-4-11(10)17-12(18)8-23(21,22)13-6-5-9(7-16-13)14(19)20/h1-7H,8H2,(H,17,18)(H,19,20). The van der Waals surface area contributed by atoms with Crippen molar-refractivity contribution < 1.29 is 23.1 Å². The maximum atomic E-state index is 12.1. The smallest absolute Gasteiger partial charge is 0.337 e. The van der Waals surface area contributed by atoms with Crippen LogP contribution in [0, 0.1) is 0 Å². The monoisotopic (exact) mass is 398 g/mol. The first-order valence-corrected chi connectivity index (χ1v) is 8.70. The molecule has 0 spiro atoms. The Morgan fingerprint density at radius 1 is 1.17 bits per heavy atom. The number of anilines is 1. The highest BCUT2D eigenvalue weighted by Gasteiger charge is 2.21. The van der Waals surface area contributed by atoms with Crippen LogP contribution in [0.3, 0.4) is 0 Å². The van der Waals surface area contributed by atoms with E-state index in [1.165, 1.54) is 0 Å². The Bertz CT molecular complexity index is 850. The van der Waals surface area contributed by atoms with E-state index in [4.69, 9.17) is 5.11 Å². The number of pyridine rings is 1. The lowest BCUT2D eigenvalue weighted by atomic mass is 10.3. The molecule has 0 fully saturated rings. The number of nitrogens with zero attached hydrogens (tertiary/aromatic N) is 1. The predicted molar refractivity (Wildman–Crippen MR) is 86.0 cm³/mol. The first kappa shape index (κ1) is 17.1. The van der Waals surface area contributed by atoms with Crippen LogP contribution < -0.4 is 5.32 Å². The zero-order valence-corrected chi connectivity index (χ0v) is 14.0. The Morgan fingerprint density at radius 2 is 1.87 bits per heavy atom. The van der Waals surface area contributed by atoms with Crippen LogP contribution in [0.4, 0.5) is 5.69 Å². The third kappa shape index (κ3) is 4.36. The van der Waals surface area contributed by atoms with Gasteiger partial charge >= 0.3 is 5.97 Å². The lowest BCUT2D eigenvalue weighted by Gasteiger charge is -2.07. The molecule has 1 aromatic heterocycles. The summed E-state index contributed by atoms with van der Waals surface area (Å²) in [6.07, 6.45) is 0.931. The molecule has 0 bridgehead atoms. The molecule has 1 aromatic carbocycles. The van der Waals surface area contributed by atoms with Crippen LogP contribution in [0.25, 0.3) is 0 Å². The summed E-state index contributed by atoms with van der Waals surface area (Å²) in [7, 11) is -3.97. The van der Waals surface area contributed by atoms with E-state index in [9.17, 15) is 18.0 Å². The second kappa shape index (κ2) is 6.88. The third-order valence-corrected chi connectivity index (χ3v) is 4.98. The summed E-state index contributed by atoms with van der Waals surface area (Å²) in [5, 5.41) is 10.9. The Hall–Kier alpha value is -2.26. The quantitative estimate of drug-likeness (QED) is 0.795. The minimum atomic E-state index is -3.97. The van der Waals surface area contributed by atoms with Gasteiger partial charge in [-0.1, -0.05) is 12.1 Å². The number of para-hydroxylation sites is 1. The van der Waals surface area contributed by atoms with Gasteiger partial charge in [-0.25, -0.2) is 18.2 Å². The van der Waals surface area contributed by atoms with Gasteiger partial charge in [0.2, 0.25) is 15.7 Å². The zero-order chi connectivity index (χ0) is 17.0. The Labute approximate surface area is 140 Å². The van der Waals surface area contributed by atoms with Crippen LogP contribution in [0.5, 0.6) is 0 Å². The molecule has 1 heterocycles. The molecule has 2 N–H and O–H groups in total. The van der Waals surface area contributed by atoms with Crippen molar-refractivity contribution in [3.8, 4) is 0 Å². The molecule has 0 unspecified atom stereocenters. The minimum absolute atomic E-state index is 0.137. The number of nitrogens with one attached hydrogen (secondary N) is 1. The van der Waals surface area contributed by atoms with Crippen LogP contribution in [-0.2, 0) is 14.6 Å². The zero-order valence-electron chi connectivity index (χ0n) is 11.6. The van der Waals surface area contributed by atoms with Crippen molar-refractivity contribution in [2.24, 2.45) is 0 Å². The first-order chi connectivity index (χ1) is 10.8. The fourth-order valence-corrected chi connectivity index (χ4v) is 3.12. The summed E-state index contributed by atoms with van der Waals surface area (Å²) in [4.78, 5) is 26.2. The molecule has 0 aliphatic heterocycles. The first-order valence-electron chi connectivity index (χ1n) is 6.26. The molecular formula is C14H11BrN2O5S. The molecular weight excluding hydrogens is 388 g/mol. The highest BCUT2D eigenvalue weighted by atomic mass is 79.9. The van der Waals surface area contributed by atoms with Crippen molar-refractivity contribution >= 4 is 43.3 Å². The van der Waals surface area contributed by atoms with Gasteiger partial charge in [0.15, 0.2) is 5.03 Å². The van der Waals surface area contributed by atoms with Gasteiger partial charge in [0, 0.05) is 10.7 Å². The molecule has 7 nitrogen and oxygen atoms in total. The van der Waals surface area contributed by atoms with E-state index < -0.39 is 27.5 Å². The number of hydrogen-bond acceptors (Lipinski definition) is 5. The molecule has 0 radical (unpaired) electrons. The largest absolute Gasteiger partial charge is 0.478 e. The van der Waals surface area contributed by atoms with Gasteiger partial charge in [-0.2, -0.15) is 0 Å². The molecule has 9 heteroatoms. The van der Waals surface area contributed by atoms with Crippen LogP contribution >= 0.6 is 15.9 Å². The molecule has 0 aliphatic carbocycles. The Kier molecular flexibility index (Phi) is 5.12. The van der Waals surface area contributed by atoms with Crippen LogP contribution in [0.2, 0.25) is 0 Å². The summed E-state index contributed by atoms with van der Waals surface area (Å²) >= 11 is 3.24. The molecule has 0 saturated carbocycles. The van der Waals surface area contributed by atoms with E-state index in [2.05, 4.69) is 26.2 Å². The molecule has 23 heavy (non-hydrogen) atoms. The Balaban J connectivity index is 2.13. The number of carbonyl (C=O) groups excluding carboxylic acids is 1. The summed E-state index contributed by atoms with van der Waals surface area (Å²) in [6, 6.07) is 8.95. The number of amides is 1. The number of aromatic carboxylic acids is 1. The SMILES string of the molecule is O=C(CS(=O)(=O)c1ccc(C(=O)O)cn1)Nc1ccccc1Br. The highest BCUT2D eigenvalue weighted by Crippen LogP contribution is 2.21. The van der Waals surface area contributed by atoms with E-state index in [1.54, 1.807) is 24.3 Å². The van der Waals surface area contributed by atoms with Crippen molar-refractivity contribution in [3.63, 3.8) is 0 Å². The normalized spacial score (nSPS) is 11.0. The highest BCUT2D eigenvalue weighted by molar-refractivity contribution is 9.10. The lowest BCUT2D eigenvalue weighted by Crippen LogP contribution is -2.23. The maximum Gasteiger partial charge on any atom is 0.337 e. The second-order valence-corrected chi connectivity index (χ2v) is 7.27. The summed E-state index contributed by atoms with van der Waals surface area (Å²) in [5.74, 6) is -2.73. The predicted octanol–water partition coefficient (Wildman–Crippen LogP) is 1.95. The van der Waals surface area contributed by atoms with E-state index in [0.29, 0.717) is 10.2 Å². The maximum absolute atomic E-state index is 12.1. The fourth-order valence-electron chi connectivity index (χ4n) is 1.69. The van der Waals surface area contributed by atoms with Crippen LogP contribution in [0.1, 0.15) is 10.4 Å². The molecule has 0 saturated heterocycles. The van der Waals surface area contributed by atoms with Gasteiger partial charge in [-0.3, -0.25) is 4.79 Å². The van der Waals surface area contributed by atoms with Crippen molar-refractivity contribution in [3.05, 3.63) is 52.6 Å². The van der Waals surface area contributed by atoms with Gasteiger partial charge < -0.3 is 10.4 Å². The number of carboxylic acids is 1. The van der Waals surface area contributed by atoms with Gasteiger partial charge in [0.25, 0.3) is 0 Å². The van der Waals surface area contributed by atoms with Gasteiger partial charge in [0.1, 0.15) is 5.75 Å². The van der Waals surface area contributed by atoms with Crippen molar-refractivity contribution in [2.45, 2.75) is 5.03 Å². The number of benzene rings is 1. The summed E-state index contributed by atoms with van der Waals surface area (Å²) in [5.41, 5.74) is 0.309. The molecule has 2 aromatic rings. The van der Waals surface area contributed by atoms with Gasteiger partial charge in [0.05, 0.1) is 11.3 Å². The molecule has 120 valence electrons. The average Bonchev–Trinajstić information content (AvgIpc) is 2.49. The number of hydrogen-bond donors (Lipinski definition) is 2. The average molecular weight is 399 g/mol. The van der Waals surface area contributed by atoms with Crippen LogP contribution in [-0.4, -0.2) is 36.1 Å². The number of sulfone groups is 1. The van der Waals surface area contributed by atoms with Gasteiger partial charge in [-0.05, 0) is 40.2 Å². The topological polar surface area (TPSA) is 113 Å². The number of aromatic nitrogens is 1. The molecule has 2 rings (SSSR count). The fraction of sp³-hybridized carbons (Fsp3) is 0.0714. The molecule has 1 amide bonds. The second-order valence-electron chi connectivity index (χ2n) is 4.48. The summed E-state index contributed by atoms with van der Waals surface area (Å²) in [6.45, 7) is 0. The van der Waals surface area contributed by atoms with E-state index in [-0.39, 0.29) is 10.6 Å². The lowest BCUT2D eigenvalue weighted by molar-refractivity contribution is -0.113. The number of carbonyl (C=O) groups is 2. The molecule has 0 aliphatic rings. The Morgan fingerprint density at radius 3 is 2.43 bits per heavy atom. The third-order valence-electron chi connectivity index (χ3n) is 2.77. The number of carboxylic acid groups (broad SMARTS) is 1. The minimum Gasteiger partial charge on any atom is -0.478 e.